The summed E-state index contributed by atoms with van der Waals surface area (Å²) in [6.45, 7) is 9.94. The zero-order valence-corrected chi connectivity index (χ0v) is 13.6. The summed E-state index contributed by atoms with van der Waals surface area (Å²) < 4.78 is 0. The van der Waals surface area contributed by atoms with Gasteiger partial charge in [-0.25, -0.2) is 4.79 Å². The number of carbonyl (C=O) groups is 1. The lowest BCUT2D eigenvalue weighted by Crippen LogP contribution is -2.40. The molecule has 0 aromatic heterocycles. The number of fused-ring (bicyclic) bond motifs is 2. The van der Waals surface area contributed by atoms with Gasteiger partial charge in [-0.1, -0.05) is 38.5 Å². The maximum Gasteiger partial charge on any atom is 0.322 e. The maximum atomic E-state index is 12.6. The highest BCUT2D eigenvalue weighted by Crippen LogP contribution is 2.52. The number of nitrogens with zero attached hydrogens (tertiary/aromatic N) is 1. The van der Waals surface area contributed by atoms with Gasteiger partial charge in [0, 0.05) is 18.3 Å². The second-order valence-electron chi connectivity index (χ2n) is 8.14. The van der Waals surface area contributed by atoms with Crippen molar-refractivity contribution in [3.8, 4) is 0 Å². The van der Waals surface area contributed by atoms with Crippen LogP contribution < -0.4 is 5.32 Å². The molecule has 2 fully saturated rings. The number of benzene rings is 1. The summed E-state index contributed by atoms with van der Waals surface area (Å²) in [5, 5.41) is 3.06. The van der Waals surface area contributed by atoms with Crippen molar-refractivity contribution >= 4 is 11.7 Å². The van der Waals surface area contributed by atoms with Crippen molar-refractivity contribution in [2.75, 3.05) is 11.9 Å². The van der Waals surface area contributed by atoms with Crippen LogP contribution in [-0.2, 0) is 0 Å². The van der Waals surface area contributed by atoms with Gasteiger partial charge in [0.15, 0.2) is 0 Å². The quantitative estimate of drug-likeness (QED) is 0.814. The van der Waals surface area contributed by atoms with Gasteiger partial charge < -0.3 is 10.2 Å². The van der Waals surface area contributed by atoms with E-state index in [0.717, 1.165) is 25.1 Å². The third kappa shape index (κ3) is 2.92. The largest absolute Gasteiger partial charge is 0.322 e. The lowest BCUT2D eigenvalue weighted by molar-refractivity contribution is 0.130. The van der Waals surface area contributed by atoms with Gasteiger partial charge in [-0.15, -0.1) is 0 Å². The van der Waals surface area contributed by atoms with Gasteiger partial charge >= 0.3 is 6.03 Å². The van der Waals surface area contributed by atoms with Crippen LogP contribution in [0.15, 0.2) is 24.3 Å². The topological polar surface area (TPSA) is 32.3 Å². The first-order valence-corrected chi connectivity index (χ1v) is 7.91. The summed E-state index contributed by atoms with van der Waals surface area (Å²) in [6, 6.07) is 8.46. The molecule has 3 heteroatoms. The van der Waals surface area contributed by atoms with Crippen molar-refractivity contribution in [3.05, 3.63) is 29.8 Å². The monoisotopic (exact) mass is 286 g/mol. The number of rotatable bonds is 1. The third-order valence-electron chi connectivity index (χ3n) is 4.98. The standard InChI is InChI=1S/C18H26N2O/c1-13-5-7-14(8-6-13)19-16(21)20-12-18(4)10-15(20)9-17(2,3)11-18/h5-8,15H,9-12H2,1-4H3,(H,19,21)/t15-,18-/m0/s1. The summed E-state index contributed by atoms with van der Waals surface area (Å²) >= 11 is 0. The lowest BCUT2D eigenvalue weighted by atomic mass is 9.65. The molecule has 1 saturated carbocycles. The van der Waals surface area contributed by atoms with Crippen molar-refractivity contribution in [3.63, 3.8) is 0 Å². The van der Waals surface area contributed by atoms with Crippen molar-refractivity contribution in [2.24, 2.45) is 10.8 Å². The zero-order chi connectivity index (χ0) is 15.3. The Hall–Kier alpha value is -1.51. The van der Waals surface area contributed by atoms with Crippen LogP contribution in [0.5, 0.6) is 0 Å². The predicted octanol–water partition coefficient (Wildman–Crippen LogP) is 4.43. The molecule has 0 radical (unpaired) electrons. The Kier molecular flexibility index (Phi) is 3.27. The smallest absolute Gasteiger partial charge is 0.321 e. The molecule has 3 rings (SSSR count). The van der Waals surface area contributed by atoms with E-state index in [9.17, 15) is 4.79 Å². The average molecular weight is 286 g/mol. The Bertz CT molecular complexity index is 549. The van der Waals surface area contributed by atoms with E-state index in [4.69, 9.17) is 0 Å². The number of hydrogen-bond acceptors (Lipinski definition) is 1. The third-order valence-corrected chi connectivity index (χ3v) is 4.98. The highest BCUT2D eigenvalue weighted by Gasteiger charge is 2.50. The molecule has 1 aromatic rings. The van der Waals surface area contributed by atoms with E-state index < -0.39 is 0 Å². The number of nitrogens with one attached hydrogen (secondary N) is 1. The van der Waals surface area contributed by atoms with Crippen LogP contribution >= 0.6 is 0 Å². The highest BCUT2D eigenvalue weighted by atomic mass is 16.2. The minimum Gasteiger partial charge on any atom is -0.321 e. The zero-order valence-electron chi connectivity index (χ0n) is 13.6. The minimum atomic E-state index is 0.0604. The molecule has 2 bridgehead atoms. The summed E-state index contributed by atoms with van der Waals surface area (Å²) in [6.07, 6.45) is 3.48. The summed E-state index contributed by atoms with van der Waals surface area (Å²) in [5.74, 6) is 0. The van der Waals surface area contributed by atoms with Crippen LogP contribution in [-0.4, -0.2) is 23.5 Å². The Morgan fingerprint density at radius 2 is 1.86 bits per heavy atom. The summed E-state index contributed by atoms with van der Waals surface area (Å²) in [5.41, 5.74) is 2.73. The van der Waals surface area contributed by atoms with E-state index in [0.29, 0.717) is 11.5 Å². The Morgan fingerprint density at radius 3 is 2.52 bits per heavy atom. The predicted molar refractivity (Wildman–Crippen MR) is 86.4 cm³/mol. The van der Waals surface area contributed by atoms with E-state index in [1.165, 1.54) is 12.0 Å². The van der Waals surface area contributed by atoms with Crippen LogP contribution in [0.25, 0.3) is 0 Å². The number of amides is 2. The van der Waals surface area contributed by atoms with Gasteiger partial charge in [0.1, 0.15) is 0 Å². The van der Waals surface area contributed by atoms with Gasteiger partial charge in [0.2, 0.25) is 0 Å². The van der Waals surface area contributed by atoms with Gasteiger partial charge in [-0.3, -0.25) is 0 Å². The number of carbonyl (C=O) groups excluding carboxylic acids is 1. The van der Waals surface area contributed by atoms with Crippen molar-refractivity contribution in [1.29, 1.82) is 0 Å². The first-order chi connectivity index (χ1) is 9.76. The van der Waals surface area contributed by atoms with Gasteiger partial charge in [-0.2, -0.15) is 0 Å². The molecule has 21 heavy (non-hydrogen) atoms. The first kappa shape index (κ1) is 14.4. The van der Waals surface area contributed by atoms with Gasteiger partial charge in [0.05, 0.1) is 0 Å². The SMILES string of the molecule is Cc1ccc(NC(=O)N2C[C@@]3(C)C[C@@H]2CC(C)(C)C3)cc1. The van der Waals surface area contributed by atoms with Crippen molar-refractivity contribution < 1.29 is 4.79 Å². The normalized spacial score (nSPS) is 30.3. The molecule has 1 aliphatic heterocycles. The van der Waals surface area contributed by atoms with Crippen LogP contribution in [0.2, 0.25) is 0 Å². The first-order valence-electron chi connectivity index (χ1n) is 7.91. The molecule has 2 amide bonds. The number of urea groups is 1. The fourth-order valence-corrected chi connectivity index (χ4v) is 4.53. The molecule has 1 heterocycles. The van der Waals surface area contributed by atoms with E-state index in [1.807, 2.05) is 24.3 Å². The van der Waals surface area contributed by atoms with Crippen molar-refractivity contribution in [2.45, 2.75) is 53.0 Å². The fourth-order valence-electron chi connectivity index (χ4n) is 4.53. The highest BCUT2D eigenvalue weighted by molar-refractivity contribution is 5.89. The molecule has 1 aliphatic carbocycles. The molecule has 2 aliphatic rings. The summed E-state index contributed by atoms with van der Waals surface area (Å²) in [4.78, 5) is 14.7. The molecule has 1 saturated heterocycles. The fraction of sp³-hybridized carbons (Fsp3) is 0.611. The van der Waals surface area contributed by atoms with Gasteiger partial charge in [-0.05, 0) is 49.1 Å². The molecule has 2 atom stereocenters. The molecule has 1 N–H and O–H groups in total. The molecule has 3 nitrogen and oxygen atoms in total. The Morgan fingerprint density at radius 1 is 1.19 bits per heavy atom. The van der Waals surface area contributed by atoms with E-state index in [2.05, 4.69) is 37.9 Å². The van der Waals surface area contributed by atoms with Crippen LogP contribution in [0, 0.1) is 17.8 Å². The Balaban J connectivity index is 1.73. The molecule has 1 aromatic carbocycles. The van der Waals surface area contributed by atoms with E-state index in [-0.39, 0.29) is 11.4 Å². The van der Waals surface area contributed by atoms with Gasteiger partial charge in [0.25, 0.3) is 0 Å². The number of aryl methyl sites for hydroxylation is 1. The molecular formula is C18H26N2O. The molecule has 0 unspecified atom stereocenters. The molecule has 0 spiro atoms. The summed E-state index contributed by atoms with van der Waals surface area (Å²) in [7, 11) is 0. The van der Waals surface area contributed by atoms with E-state index >= 15 is 0 Å². The van der Waals surface area contributed by atoms with E-state index in [1.54, 1.807) is 0 Å². The van der Waals surface area contributed by atoms with Crippen molar-refractivity contribution in [1.82, 2.24) is 4.90 Å². The Labute approximate surface area is 127 Å². The number of anilines is 1. The number of likely N-dealkylation sites (tertiary alicyclic amines) is 1. The lowest BCUT2D eigenvalue weighted by Gasteiger charge is -2.39. The van der Waals surface area contributed by atoms with Crippen LogP contribution in [0.3, 0.4) is 0 Å². The second-order valence-corrected chi connectivity index (χ2v) is 8.14. The van der Waals surface area contributed by atoms with Crippen LogP contribution in [0.4, 0.5) is 10.5 Å². The molecular weight excluding hydrogens is 260 g/mol. The minimum absolute atomic E-state index is 0.0604. The second kappa shape index (κ2) is 4.75. The van der Waals surface area contributed by atoms with Crippen LogP contribution in [0.1, 0.15) is 45.6 Å². The molecule has 114 valence electrons. The average Bonchev–Trinajstić information content (AvgIpc) is 2.61. The number of hydrogen-bond donors (Lipinski definition) is 1. The maximum absolute atomic E-state index is 12.6.